The van der Waals surface area contributed by atoms with Crippen LogP contribution in [0.5, 0.6) is 0 Å². The van der Waals surface area contributed by atoms with E-state index < -0.39 is 5.54 Å². The molecule has 0 spiro atoms. The van der Waals surface area contributed by atoms with E-state index >= 15 is 0 Å². The summed E-state index contributed by atoms with van der Waals surface area (Å²) in [4.78, 5) is 14.1. The van der Waals surface area contributed by atoms with Crippen molar-refractivity contribution >= 4 is 54.3 Å². The third-order valence-electron chi connectivity index (χ3n) is 5.48. The summed E-state index contributed by atoms with van der Waals surface area (Å²) in [6.45, 7) is 6.92. The van der Waals surface area contributed by atoms with Gasteiger partial charge < -0.3 is 4.57 Å². The number of aromatic nitrogens is 3. The standard InChI is InChI=1S/C23H21BrIN5/c1-4-5-18-28-19-14(2)10-11-27-22(19)30(18)12-16-6-8-17(9-7-16)23(13-26)20(25)15(3)21(24)29-23/h6-11H,4-5,12H2,1-3H3. The number of nitriles is 1. The molecule has 0 N–H and O–H groups in total. The summed E-state index contributed by atoms with van der Waals surface area (Å²) in [7, 11) is 0. The predicted molar refractivity (Wildman–Crippen MR) is 132 cm³/mol. The topological polar surface area (TPSA) is 66.9 Å². The molecule has 3 aromatic rings. The Morgan fingerprint density at radius 3 is 2.53 bits per heavy atom. The second-order valence-corrected chi connectivity index (χ2v) is 9.35. The number of fused-ring (bicyclic) bond motifs is 1. The minimum atomic E-state index is -0.963. The van der Waals surface area contributed by atoms with Gasteiger partial charge in [-0.05, 0) is 87.1 Å². The van der Waals surface area contributed by atoms with E-state index in [1.54, 1.807) is 0 Å². The molecule has 0 bridgehead atoms. The molecule has 0 saturated heterocycles. The fraction of sp³-hybridized carbons (Fsp3) is 0.304. The maximum Gasteiger partial charge on any atom is 0.203 e. The van der Waals surface area contributed by atoms with Crippen LogP contribution in [0, 0.1) is 18.3 Å². The first-order chi connectivity index (χ1) is 14.4. The zero-order valence-corrected chi connectivity index (χ0v) is 20.8. The first-order valence-electron chi connectivity index (χ1n) is 9.85. The first-order valence-corrected chi connectivity index (χ1v) is 11.7. The van der Waals surface area contributed by atoms with Crippen LogP contribution >= 0.6 is 38.5 Å². The van der Waals surface area contributed by atoms with Crippen molar-refractivity contribution in [1.29, 1.82) is 5.26 Å². The Labute approximate surface area is 198 Å². The monoisotopic (exact) mass is 573 g/mol. The zero-order chi connectivity index (χ0) is 21.5. The lowest BCUT2D eigenvalue weighted by atomic mass is 9.91. The molecule has 1 aromatic carbocycles. The van der Waals surface area contributed by atoms with Crippen molar-refractivity contribution in [2.75, 3.05) is 0 Å². The molecule has 3 heterocycles. The second kappa shape index (κ2) is 8.23. The van der Waals surface area contributed by atoms with Crippen molar-refractivity contribution in [3.63, 3.8) is 0 Å². The first kappa shape index (κ1) is 21.2. The van der Waals surface area contributed by atoms with Gasteiger partial charge in [0.15, 0.2) is 5.65 Å². The molecule has 0 aliphatic carbocycles. The Kier molecular flexibility index (Phi) is 5.82. The molecule has 0 fully saturated rings. The maximum atomic E-state index is 9.95. The van der Waals surface area contributed by atoms with Gasteiger partial charge in [0.2, 0.25) is 5.54 Å². The number of halogens is 2. The van der Waals surface area contributed by atoms with E-state index in [-0.39, 0.29) is 0 Å². The summed E-state index contributed by atoms with van der Waals surface area (Å²) >= 11 is 5.72. The Morgan fingerprint density at radius 1 is 1.20 bits per heavy atom. The van der Waals surface area contributed by atoms with Gasteiger partial charge >= 0.3 is 0 Å². The number of hydrogen-bond acceptors (Lipinski definition) is 4. The Balaban J connectivity index is 1.71. The lowest BCUT2D eigenvalue weighted by molar-refractivity contribution is 0.713. The number of aryl methyl sites for hydroxylation is 2. The van der Waals surface area contributed by atoms with E-state index in [9.17, 15) is 5.26 Å². The van der Waals surface area contributed by atoms with Crippen molar-refractivity contribution in [3.8, 4) is 6.07 Å². The summed E-state index contributed by atoms with van der Waals surface area (Å²) in [5.74, 6) is 1.06. The van der Waals surface area contributed by atoms with Gasteiger partial charge in [-0.3, -0.25) is 0 Å². The van der Waals surface area contributed by atoms with Crippen LogP contribution in [0.3, 0.4) is 0 Å². The number of pyridine rings is 1. The maximum absolute atomic E-state index is 9.95. The molecular weight excluding hydrogens is 553 g/mol. The molecule has 152 valence electrons. The third kappa shape index (κ3) is 3.40. The van der Waals surface area contributed by atoms with Crippen LogP contribution in [-0.4, -0.2) is 19.2 Å². The second-order valence-electron chi connectivity index (χ2n) is 7.52. The summed E-state index contributed by atoms with van der Waals surface area (Å²) in [5.41, 5.74) is 5.11. The van der Waals surface area contributed by atoms with Crippen LogP contribution in [0.1, 0.15) is 42.8 Å². The molecule has 7 heteroatoms. The molecule has 30 heavy (non-hydrogen) atoms. The average molecular weight is 574 g/mol. The molecule has 2 aromatic heterocycles. The van der Waals surface area contributed by atoms with Crippen molar-refractivity contribution in [2.45, 2.75) is 45.7 Å². The Bertz CT molecular complexity index is 1230. The van der Waals surface area contributed by atoms with E-state index in [0.717, 1.165) is 60.3 Å². The lowest BCUT2D eigenvalue weighted by Crippen LogP contribution is -2.19. The van der Waals surface area contributed by atoms with E-state index in [1.807, 2.05) is 31.3 Å². The number of rotatable bonds is 5. The van der Waals surface area contributed by atoms with Crippen molar-refractivity contribution in [1.82, 2.24) is 14.5 Å². The van der Waals surface area contributed by atoms with Gasteiger partial charge in [-0.15, -0.1) is 0 Å². The van der Waals surface area contributed by atoms with E-state index in [1.165, 1.54) is 0 Å². The molecule has 0 radical (unpaired) electrons. The normalized spacial score (nSPS) is 18.7. The van der Waals surface area contributed by atoms with Crippen LogP contribution < -0.4 is 0 Å². The van der Waals surface area contributed by atoms with E-state index in [2.05, 4.69) is 85.1 Å². The van der Waals surface area contributed by atoms with Gasteiger partial charge in [-0.2, -0.15) is 5.26 Å². The number of nitrogens with zero attached hydrogens (tertiary/aromatic N) is 5. The molecule has 4 rings (SSSR count). The molecule has 1 unspecified atom stereocenters. The smallest absolute Gasteiger partial charge is 0.203 e. The van der Waals surface area contributed by atoms with Crippen LogP contribution in [0.4, 0.5) is 0 Å². The zero-order valence-electron chi connectivity index (χ0n) is 17.1. The highest BCUT2D eigenvalue weighted by Crippen LogP contribution is 2.45. The number of benzene rings is 1. The summed E-state index contributed by atoms with van der Waals surface area (Å²) in [6.07, 6.45) is 3.79. The van der Waals surface area contributed by atoms with Crippen LogP contribution in [0.2, 0.25) is 0 Å². The SMILES string of the molecule is CCCc1nc2c(C)ccnc2n1Cc1ccc(C2(C#N)N=C(Br)C(C)=C2I)cc1. The van der Waals surface area contributed by atoms with Crippen LogP contribution in [-0.2, 0) is 18.5 Å². The molecule has 0 saturated carbocycles. The van der Waals surface area contributed by atoms with Crippen molar-refractivity contribution < 1.29 is 0 Å². The average Bonchev–Trinajstić information content (AvgIpc) is 3.20. The quantitative estimate of drug-likeness (QED) is 0.353. The highest BCUT2D eigenvalue weighted by atomic mass is 127. The summed E-state index contributed by atoms with van der Waals surface area (Å²) < 4.78 is 3.89. The highest BCUT2D eigenvalue weighted by molar-refractivity contribution is 14.1. The minimum absolute atomic E-state index is 0.695. The molecule has 5 nitrogen and oxygen atoms in total. The number of imidazole rings is 1. The van der Waals surface area contributed by atoms with E-state index in [4.69, 9.17) is 4.98 Å². The molecule has 1 aliphatic heterocycles. The summed E-state index contributed by atoms with van der Waals surface area (Å²) in [6, 6.07) is 12.6. The summed E-state index contributed by atoms with van der Waals surface area (Å²) in [5, 5.41) is 9.95. The van der Waals surface area contributed by atoms with Crippen molar-refractivity contribution in [3.05, 3.63) is 68.2 Å². The van der Waals surface area contributed by atoms with Gasteiger partial charge in [-0.1, -0.05) is 31.2 Å². The Morgan fingerprint density at radius 2 is 1.93 bits per heavy atom. The van der Waals surface area contributed by atoms with Crippen LogP contribution in [0.25, 0.3) is 11.2 Å². The van der Waals surface area contributed by atoms with Gasteiger partial charge in [0.1, 0.15) is 22.0 Å². The van der Waals surface area contributed by atoms with Gasteiger partial charge in [0, 0.05) is 16.2 Å². The van der Waals surface area contributed by atoms with E-state index in [0.29, 0.717) is 6.54 Å². The lowest BCUT2D eigenvalue weighted by Gasteiger charge is -2.20. The largest absolute Gasteiger partial charge is 0.308 e. The molecule has 0 amide bonds. The molecular formula is C23H21BrIN5. The van der Waals surface area contributed by atoms with Gasteiger partial charge in [-0.25, -0.2) is 15.0 Å². The number of hydrogen-bond donors (Lipinski definition) is 0. The molecule has 1 aliphatic rings. The fourth-order valence-electron chi connectivity index (χ4n) is 3.77. The number of aliphatic imine (C=N–C) groups is 1. The predicted octanol–water partition coefficient (Wildman–Crippen LogP) is 5.98. The van der Waals surface area contributed by atoms with Crippen molar-refractivity contribution in [2.24, 2.45) is 4.99 Å². The minimum Gasteiger partial charge on any atom is -0.308 e. The van der Waals surface area contributed by atoms with Crippen LogP contribution in [0.15, 0.2) is 50.7 Å². The van der Waals surface area contributed by atoms with Gasteiger partial charge in [0.25, 0.3) is 0 Å². The third-order valence-corrected chi connectivity index (χ3v) is 7.85. The number of allylic oxidation sites excluding steroid dienone is 1. The van der Waals surface area contributed by atoms with Gasteiger partial charge in [0.05, 0.1) is 6.54 Å². The fourth-order valence-corrected chi connectivity index (χ4v) is 5.41. The molecule has 1 atom stereocenters. The Hall–Kier alpha value is -2.05. The highest BCUT2D eigenvalue weighted by Gasteiger charge is 2.41.